The Morgan fingerprint density at radius 3 is 2.76 bits per heavy atom. The Bertz CT molecular complexity index is 971. The van der Waals surface area contributed by atoms with E-state index in [1.165, 1.54) is 5.56 Å². The van der Waals surface area contributed by atoms with E-state index in [2.05, 4.69) is 16.2 Å². The number of hydrogen-bond donors (Lipinski definition) is 0. The Morgan fingerprint density at radius 1 is 1.16 bits per heavy atom. The number of nitrogens with zero attached hydrogens (tertiary/aromatic N) is 2. The van der Waals surface area contributed by atoms with Gasteiger partial charge in [0, 0.05) is 5.75 Å². The lowest BCUT2D eigenvalue weighted by molar-refractivity contribution is -0.136. The zero-order valence-corrected chi connectivity index (χ0v) is 15.1. The highest BCUT2D eigenvalue weighted by Gasteiger charge is 2.25. The molecule has 1 aliphatic rings. The summed E-state index contributed by atoms with van der Waals surface area (Å²) >= 11 is 3.21. The van der Waals surface area contributed by atoms with E-state index in [1.807, 2.05) is 55.5 Å². The van der Waals surface area contributed by atoms with E-state index in [0.717, 1.165) is 20.1 Å². The van der Waals surface area contributed by atoms with E-state index in [1.54, 1.807) is 23.1 Å². The lowest BCUT2D eigenvalue weighted by Gasteiger charge is -2.00. The molecule has 0 saturated carbocycles. The number of carbonyl (C=O) groups excluding carboxylic acids is 1. The molecule has 0 radical (unpaired) electrons. The summed E-state index contributed by atoms with van der Waals surface area (Å²) in [5.41, 5.74) is 4.28. The Hall–Kier alpha value is -2.44. The highest BCUT2D eigenvalue weighted by Crippen LogP contribution is 2.30. The lowest BCUT2D eigenvalue weighted by Crippen LogP contribution is -2.07. The van der Waals surface area contributed by atoms with Crippen molar-refractivity contribution in [2.75, 3.05) is 5.75 Å². The van der Waals surface area contributed by atoms with Gasteiger partial charge < -0.3 is 4.84 Å². The van der Waals surface area contributed by atoms with Gasteiger partial charge in [0.25, 0.3) is 0 Å². The third-order valence-electron chi connectivity index (χ3n) is 3.76. The van der Waals surface area contributed by atoms with Gasteiger partial charge in [-0.3, -0.25) is 0 Å². The average Bonchev–Trinajstić information content (AvgIpc) is 3.19. The smallest absolute Gasteiger partial charge is 0.312 e. The van der Waals surface area contributed by atoms with Gasteiger partial charge in [-0.2, -0.15) is 0 Å². The van der Waals surface area contributed by atoms with Gasteiger partial charge in [0.2, 0.25) is 0 Å². The number of benzene rings is 2. The van der Waals surface area contributed by atoms with E-state index in [0.29, 0.717) is 17.0 Å². The third-order valence-corrected chi connectivity index (χ3v) is 5.96. The predicted octanol–water partition coefficient (Wildman–Crippen LogP) is 4.69. The van der Waals surface area contributed by atoms with Gasteiger partial charge >= 0.3 is 5.97 Å². The lowest BCUT2D eigenvalue weighted by atomic mass is 10.1. The molecule has 0 atom stereocenters. The molecule has 3 aromatic rings. The summed E-state index contributed by atoms with van der Waals surface area (Å²) in [6, 6.07) is 16.0. The maximum absolute atomic E-state index is 12.0. The van der Waals surface area contributed by atoms with Gasteiger partial charge in [-0.1, -0.05) is 58.9 Å². The zero-order valence-electron chi connectivity index (χ0n) is 13.4. The summed E-state index contributed by atoms with van der Waals surface area (Å²) in [4.78, 5) is 21.4. The Kier molecular flexibility index (Phi) is 4.38. The summed E-state index contributed by atoms with van der Waals surface area (Å²) in [5, 5.41) is 3.94. The van der Waals surface area contributed by atoms with Gasteiger partial charge in [-0.15, -0.1) is 11.3 Å². The van der Waals surface area contributed by atoms with Crippen LogP contribution in [0.4, 0.5) is 0 Å². The van der Waals surface area contributed by atoms with Crippen LogP contribution in [-0.2, 0) is 9.63 Å². The van der Waals surface area contributed by atoms with Gasteiger partial charge in [0.1, 0.15) is 5.71 Å². The van der Waals surface area contributed by atoms with Crippen molar-refractivity contribution in [3.8, 4) is 0 Å². The molecule has 0 bridgehead atoms. The van der Waals surface area contributed by atoms with Crippen LogP contribution in [0.15, 0.2) is 63.6 Å². The minimum absolute atomic E-state index is 0.402. The van der Waals surface area contributed by atoms with Crippen molar-refractivity contribution in [3.05, 3.63) is 65.2 Å². The number of thiazole rings is 1. The monoisotopic (exact) mass is 366 g/mol. The summed E-state index contributed by atoms with van der Waals surface area (Å²) in [7, 11) is 0. The Balaban J connectivity index is 1.52. The maximum Gasteiger partial charge on any atom is 0.367 e. The molecule has 0 unspecified atom stereocenters. The standard InChI is InChI=1S/C19H14N2O2S2/c1-12-6-8-13(9-7-12)10-14-16(21-23-18(14)22)11-24-19-20-15-4-2-3-5-17(15)25-19/h2-10H,11H2,1H3. The summed E-state index contributed by atoms with van der Waals surface area (Å²) in [5.74, 6) is 0.143. The molecule has 0 spiro atoms. The molecule has 0 fully saturated rings. The van der Waals surface area contributed by atoms with Crippen molar-refractivity contribution >= 4 is 51.1 Å². The van der Waals surface area contributed by atoms with E-state index in [-0.39, 0.29) is 0 Å². The predicted molar refractivity (Wildman–Crippen MR) is 103 cm³/mol. The van der Waals surface area contributed by atoms with E-state index in [4.69, 9.17) is 4.84 Å². The molecule has 1 aromatic heterocycles. The van der Waals surface area contributed by atoms with Crippen molar-refractivity contribution in [3.63, 3.8) is 0 Å². The second-order valence-corrected chi connectivity index (χ2v) is 7.87. The molecular weight excluding hydrogens is 352 g/mol. The number of rotatable bonds is 4. The molecule has 25 heavy (non-hydrogen) atoms. The summed E-state index contributed by atoms with van der Waals surface area (Å²) < 4.78 is 2.11. The van der Waals surface area contributed by atoms with Crippen molar-refractivity contribution in [1.82, 2.24) is 4.98 Å². The number of hydrogen-bond acceptors (Lipinski definition) is 6. The van der Waals surface area contributed by atoms with Crippen LogP contribution in [0.5, 0.6) is 0 Å². The number of fused-ring (bicyclic) bond motifs is 1. The first kappa shape index (κ1) is 16.1. The Labute approximate surface area is 153 Å². The molecule has 2 heterocycles. The quantitative estimate of drug-likeness (QED) is 0.382. The highest BCUT2D eigenvalue weighted by molar-refractivity contribution is 8.01. The number of carbonyl (C=O) groups is 1. The first-order valence-corrected chi connectivity index (χ1v) is 9.54. The van der Waals surface area contributed by atoms with Crippen LogP contribution in [0.3, 0.4) is 0 Å². The largest absolute Gasteiger partial charge is 0.367 e. The SMILES string of the molecule is Cc1ccc(C=C2C(=O)ON=C2CSc2nc3ccccc3s2)cc1. The van der Waals surface area contributed by atoms with Crippen LogP contribution in [0, 0.1) is 6.92 Å². The number of aromatic nitrogens is 1. The second-order valence-electron chi connectivity index (χ2n) is 5.62. The van der Waals surface area contributed by atoms with Gasteiger partial charge in [0.15, 0.2) is 4.34 Å². The van der Waals surface area contributed by atoms with Crippen LogP contribution in [0.25, 0.3) is 16.3 Å². The molecule has 4 rings (SSSR count). The van der Waals surface area contributed by atoms with Crippen molar-refractivity contribution < 1.29 is 9.63 Å². The fraction of sp³-hybridized carbons (Fsp3) is 0.105. The molecule has 0 aliphatic carbocycles. The van der Waals surface area contributed by atoms with Gasteiger partial charge in [0.05, 0.1) is 15.8 Å². The molecule has 2 aromatic carbocycles. The highest BCUT2D eigenvalue weighted by atomic mass is 32.2. The fourth-order valence-electron chi connectivity index (χ4n) is 2.43. The first-order chi connectivity index (χ1) is 12.2. The van der Waals surface area contributed by atoms with Crippen LogP contribution in [0.1, 0.15) is 11.1 Å². The molecule has 1 aliphatic heterocycles. The fourth-order valence-corrected chi connectivity index (χ4v) is 4.44. The average molecular weight is 366 g/mol. The zero-order chi connectivity index (χ0) is 17.2. The minimum Gasteiger partial charge on any atom is -0.312 e. The number of aryl methyl sites for hydroxylation is 1. The van der Waals surface area contributed by atoms with Crippen LogP contribution in [-0.4, -0.2) is 22.4 Å². The number of thioether (sulfide) groups is 1. The van der Waals surface area contributed by atoms with E-state index in [9.17, 15) is 4.79 Å². The maximum atomic E-state index is 12.0. The summed E-state index contributed by atoms with van der Waals surface area (Å²) in [6.45, 7) is 2.03. The molecule has 6 heteroatoms. The van der Waals surface area contributed by atoms with Crippen molar-refractivity contribution in [1.29, 1.82) is 0 Å². The molecule has 0 saturated heterocycles. The summed E-state index contributed by atoms with van der Waals surface area (Å²) in [6.07, 6.45) is 1.83. The second kappa shape index (κ2) is 6.82. The molecule has 124 valence electrons. The Morgan fingerprint density at radius 2 is 1.96 bits per heavy atom. The molecule has 0 amide bonds. The van der Waals surface area contributed by atoms with Crippen molar-refractivity contribution in [2.45, 2.75) is 11.3 Å². The van der Waals surface area contributed by atoms with Crippen molar-refractivity contribution in [2.24, 2.45) is 5.16 Å². The molecular formula is C19H14N2O2S2. The van der Waals surface area contributed by atoms with Gasteiger partial charge in [-0.05, 0) is 30.7 Å². The number of oxime groups is 1. The minimum atomic E-state index is -0.402. The van der Waals surface area contributed by atoms with E-state index >= 15 is 0 Å². The van der Waals surface area contributed by atoms with Crippen LogP contribution >= 0.6 is 23.1 Å². The van der Waals surface area contributed by atoms with E-state index < -0.39 is 5.97 Å². The molecule has 0 N–H and O–H groups in total. The number of para-hydroxylation sites is 1. The first-order valence-electron chi connectivity index (χ1n) is 7.74. The van der Waals surface area contributed by atoms with Crippen LogP contribution < -0.4 is 0 Å². The van der Waals surface area contributed by atoms with Crippen LogP contribution in [0.2, 0.25) is 0 Å². The third kappa shape index (κ3) is 3.50. The normalized spacial score (nSPS) is 15.6. The molecule has 4 nitrogen and oxygen atoms in total. The topological polar surface area (TPSA) is 51.5 Å². The van der Waals surface area contributed by atoms with Gasteiger partial charge in [-0.25, -0.2) is 9.78 Å².